The molecule has 2 heterocycles. The van der Waals surface area contributed by atoms with Gasteiger partial charge in [0.15, 0.2) is 11.5 Å². The highest BCUT2D eigenvalue weighted by Gasteiger charge is 2.17. The molecule has 126 valence electrons. The largest absolute Gasteiger partial charge is 0.461 e. The second-order valence-corrected chi connectivity index (χ2v) is 6.06. The number of para-hydroxylation sites is 1. The summed E-state index contributed by atoms with van der Waals surface area (Å²) in [6.45, 7) is 2.00. The van der Waals surface area contributed by atoms with Crippen molar-refractivity contribution in [2.24, 2.45) is 0 Å². The molecular formula is C19H16N2O3S. The summed E-state index contributed by atoms with van der Waals surface area (Å²) in [5.41, 5.74) is 1.53. The molecule has 2 aromatic heterocycles. The topological polar surface area (TPSA) is 61.2 Å². The van der Waals surface area contributed by atoms with Crippen LogP contribution in [0.2, 0.25) is 0 Å². The maximum absolute atomic E-state index is 12.2. The Kier molecular flexibility index (Phi) is 5.20. The van der Waals surface area contributed by atoms with E-state index in [0.717, 1.165) is 5.69 Å². The fourth-order valence-electron chi connectivity index (χ4n) is 2.25. The van der Waals surface area contributed by atoms with Crippen molar-refractivity contribution in [1.82, 2.24) is 9.78 Å². The summed E-state index contributed by atoms with van der Waals surface area (Å²) >= 11 is 1.37. The molecule has 0 saturated heterocycles. The van der Waals surface area contributed by atoms with Crippen LogP contribution >= 0.6 is 11.3 Å². The van der Waals surface area contributed by atoms with E-state index in [4.69, 9.17) is 4.74 Å². The van der Waals surface area contributed by atoms with Gasteiger partial charge in [0.05, 0.1) is 17.2 Å². The molecule has 0 radical (unpaired) electrons. The van der Waals surface area contributed by atoms with E-state index in [2.05, 4.69) is 5.10 Å². The molecule has 0 N–H and O–H groups in total. The normalized spacial score (nSPS) is 10.9. The summed E-state index contributed by atoms with van der Waals surface area (Å²) in [6.07, 6.45) is 4.75. The fraction of sp³-hybridized carbons (Fsp3) is 0.105. The number of hydrogen-bond donors (Lipinski definition) is 0. The molecule has 0 saturated carbocycles. The number of aromatic nitrogens is 2. The van der Waals surface area contributed by atoms with Crippen molar-refractivity contribution in [3.05, 3.63) is 76.3 Å². The molecule has 0 aliphatic rings. The van der Waals surface area contributed by atoms with Crippen molar-refractivity contribution < 1.29 is 14.3 Å². The van der Waals surface area contributed by atoms with Crippen LogP contribution in [0.1, 0.15) is 32.6 Å². The lowest BCUT2D eigenvalue weighted by atomic mass is 10.2. The average molecular weight is 352 g/mol. The van der Waals surface area contributed by atoms with Gasteiger partial charge >= 0.3 is 5.97 Å². The number of allylic oxidation sites excluding steroid dienone is 1. The maximum Gasteiger partial charge on any atom is 0.359 e. The number of carbonyl (C=O) groups excluding carboxylic acids is 2. The standard InChI is InChI=1S/C19H16N2O3S/c1-2-24-19(23)18-14(10-11-16(22)17-9-6-12-25-17)13-21(20-18)15-7-4-3-5-8-15/h3-13H,2H2,1H3/b11-10+. The van der Waals surface area contributed by atoms with Gasteiger partial charge in [0.25, 0.3) is 0 Å². The fourth-order valence-corrected chi connectivity index (χ4v) is 2.89. The number of rotatable bonds is 6. The predicted octanol–water partition coefficient (Wildman–Crippen LogP) is 4.01. The van der Waals surface area contributed by atoms with E-state index in [-0.39, 0.29) is 18.1 Å². The van der Waals surface area contributed by atoms with Gasteiger partial charge < -0.3 is 4.74 Å². The SMILES string of the molecule is CCOC(=O)c1nn(-c2ccccc2)cc1/C=C/C(=O)c1cccs1. The van der Waals surface area contributed by atoms with Crippen LogP contribution in [0.3, 0.4) is 0 Å². The van der Waals surface area contributed by atoms with E-state index in [9.17, 15) is 9.59 Å². The maximum atomic E-state index is 12.2. The zero-order valence-corrected chi connectivity index (χ0v) is 14.4. The minimum absolute atomic E-state index is 0.114. The van der Waals surface area contributed by atoms with E-state index in [1.807, 2.05) is 41.8 Å². The Balaban J connectivity index is 1.94. The first-order valence-corrected chi connectivity index (χ1v) is 8.65. The Morgan fingerprint density at radius 3 is 2.68 bits per heavy atom. The molecule has 0 aliphatic heterocycles. The summed E-state index contributed by atoms with van der Waals surface area (Å²) in [6, 6.07) is 13.0. The van der Waals surface area contributed by atoms with Crippen LogP contribution in [0.5, 0.6) is 0 Å². The second kappa shape index (κ2) is 7.72. The van der Waals surface area contributed by atoms with Crippen molar-refractivity contribution in [3.63, 3.8) is 0 Å². The Morgan fingerprint density at radius 2 is 2.00 bits per heavy atom. The minimum atomic E-state index is -0.514. The van der Waals surface area contributed by atoms with Gasteiger partial charge in [-0.05, 0) is 42.7 Å². The number of thiophene rings is 1. The van der Waals surface area contributed by atoms with Crippen LogP contribution < -0.4 is 0 Å². The third-order valence-electron chi connectivity index (χ3n) is 3.41. The van der Waals surface area contributed by atoms with Crippen LogP contribution in [0, 0.1) is 0 Å². The Hall–Kier alpha value is -2.99. The van der Waals surface area contributed by atoms with E-state index in [0.29, 0.717) is 10.4 Å². The van der Waals surface area contributed by atoms with Crippen molar-refractivity contribution in [2.75, 3.05) is 6.61 Å². The molecular weight excluding hydrogens is 336 g/mol. The lowest BCUT2D eigenvalue weighted by Gasteiger charge is -2.00. The first kappa shape index (κ1) is 16.9. The number of hydrogen-bond acceptors (Lipinski definition) is 5. The van der Waals surface area contributed by atoms with Crippen molar-refractivity contribution in [2.45, 2.75) is 6.92 Å². The Morgan fingerprint density at radius 1 is 1.20 bits per heavy atom. The molecule has 0 spiro atoms. The smallest absolute Gasteiger partial charge is 0.359 e. The number of benzene rings is 1. The van der Waals surface area contributed by atoms with Gasteiger partial charge in [0.1, 0.15) is 0 Å². The molecule has 6 heteroatoms. The van der Waals surface area contributed by atoms with E-state index in [1.165, 1.54) is 17.4 Å². The number of nitrogens with zero attached hydrogens (tertiary/aromatic N) is 2. The molecule has 0 atom stereocenters. The van der Waals surface area contributed by atoms with Gasteiger partial charge in [0, 0.05) is 11.8 Å². The van der Waals surface area contributed by atoms with Crippen LogP contribution in [0.25, 0.3) is 11.8 Å². The number of esters is 1. The molecule has 5 nitrogen and oxygen atoms in total. The van der Waals surface area contributed by atoms with Crippen molar-refractivity contribution in [1.29, 1.82) is 0 Å². The number of ether oxygens (including phenoxy) is 1. The molecule has 0 amide bonds. The van der Waals surface area contributed by atoms with Crippen LogP contribution in [-0.2, 0) is 4.74 Å². The predicted molar refractivity (Wildman–Crippen MR) is 97.2 cm³/mol. The second-order valence-electron chi connectivity index (χ2n) is 5.11. The molecule has 0 aliphatic carbocycles. The van der Waals surface area contributed by atoms with E-state index >= 15 is 0 Å². The highest BCUT2D eigenvalue weighted by molar-refractivity contribution is 7.12. The molecule has 1 aromatic carbocycles. The van der Waals surface area contributed by atoms with Crippen LogP contribution in [0.4, 0.5) is 0 Å². The minimum Gasteiger partial charge on any atom is -0.461 e. The molecule has 3 aromatic rings. The molecule has 25 heavy (non-hydrogen) atoms. The third kappa shape index (κ3) is 3.92. The Labute approximate surface area is 149 Å². The highest BCUT2D eigenvalue weighted by atomic mass is 32.1. The van der Waals surface area contributed by atoms with Crippen molar-refractivity contribution >= 4 is 29.2 Å². The summed E-state index contributed by atoms with van der Waals surface area (Å²) in [5, 5.41) is 6.17. The van der Waals surface area contributed by atoms with Crippen molar-refractivity contribution in [3.8, 4) is 5.69 Å². The lowest BCUT2D eigenvalue weighted by molar-refractivity contribution is 0.0518. The summed E-state index contributed by atoms with van der Waals surface area (Å²) in [4.78, 5) is 25.0. The summed E-state index contributed by atoms with van der Waals surface area (Å²) < 4.78 is 6.66. The zero-order valence-electron chi connectivity index (χ0n) is 13.6. The molecule has 3 rings (SSSR count). The summed E-state index contributed by atoms with van der Waals surface area (Å²) in [7, 11) is 0. The van der Waals surface area contributed by atoms with Gasteiger partial charge in [-0.25, -0.2) is 9.48 Å². The van der Waals surface area contributed by atoms with Gasteiger partial charge in [-0.15, -0.1) is 11.3 Å². The van der Waals surface area contributed by atoms with Gasteiger partial charge in [-0.2, -0.15) is 5.10 Å². The highest BCUT2D eigenvalue weighted by Crippen LogP contribution is 2.17. The molecule has 0 fully saturated rings. The first-order chi connectivity index (χ1) is 12.2. The van der Waals surface area contributed by atoms with E-state index < -0.39 is 5.97 Å². The van der Waals surface area contributed by atoms with Crippen LogP contribution in [0.15, 0.2) is 60.1 Å². The summed E-state index contributed by atoms with van der Waals surface area (Å²) in [5.74, 6) is -0.627. The van der Waals surface area contributed by atoms with Gasteiger partial charge in [-0.3, -0.25) is 4.79 Å². The lowest BCUT2D eigenvalue weighted by Crippen LogP contribution is -2.08. The average Bonchev–Trinajstić information content (AvgIpc) is 3.30. The molecule has 0 bridgehead atoms. The molecule has 0 unspecified atom stereocenters. The Bertz CT molecular complexity index is 896. The monoisotopic (exact) mass is 352 g/mol. The third-order valence-corrected chi connectivity index (χ3v) is 4.29. The number of ketones is 1. The van der Waals surface area contributed by atoms with Gasteiger partial charge in [0.2, 0.25) is 0 Å². The van der Waals surface area contributed by atoms with Crippen LogP contribution in [-0.4, -0.2) is 28.1 Å². The zero-order chi connectivity index (χ0) is 17.6. The van der Waals surface area contributed by atoms with Gasteiger partial charge in [-0.1, -0.05) is 24.3 Å². The van der Waals surface area contributed by atoms with E-state index in [1.54, 1.807) is 29.9 Å². The first-order valence-electron chi connectivity index (χ1n) is 7.77. The quantitative estimate of drug-likeness (QED) is 0.382. The number of carbonyl (C=O) groups is 2.